The van der Waals surface area contributed by atoms with Gasteiger partial charge < -0.3 is 19.9 Å². The topological polar surface area (TPSA) is 97.8 Å². The molecule has 0 spiro atoms. The van der Waals surface area contributed by atoms with Crippen LogP contribution in [0.3, 0.4) is 0 Å². The molecule has 2 heterocycles. The number of para-hydroxylation sites is 1. The van der Waals surface area contributed by atoms with Gasteiger partial charge in [-0.15, -0.1) is 0 Å². The molecule has 7 heteroatoms. The highest BCUT2D eigenvalue weighted by Gasteiger charge is 2.52. The highest BCUT2D eigenvalue weighted by atomic mass is 16.7. The molecule has 0 radical (unpaired) electrons. The Morgan fingerprint density at radius 2 is 1.78 bits per heavy atom. The van der Waals surface area contributed by atoms with E-state index in [0.717, 1.165) is 29.5 Å². The number of nitrogens with one attached hydrogen (secondary N) is 1. The van der Waals surface area contributed by atoms with Crippen LogP contribution in [0.5, 0.6) is 0 Å². The maximum Gasteiger partial charge on any atom is 0.333 e. The van der Waals surface area contributed by atoms with Gasteiger partial charge >= 0.3 is 11.9 Å². The van der Waals surface area contributed by atoms with Crippen molar-refractivity contribution in [2.45, 2.75) is 31.2 Å². The van der Waals surface area contributed by atoms with E-state index in [1.807, 2.05) is 54.6 Å². The molecule has 5 rings (SSSR count). The minimum atomic E-state index is -2.14. The predicted octanol–water partition coefficient (Wildman–Crippen LogP) is 3.01. The highest BCUT2D eigenvalue weighted by molar-refractivity contribution is 5.95. The molecule has 1 aliphatic heterocycles. The Hall–Kier alpha value is -3.71. The van der Waals surface area contributed by atoms with E-state index in [2.05, 4.69) is 5.32 Å². The van der Waals surface area contributed by atoms with E-state index in [1.54, 1.807) is 0 Å². The van der Waals surface area contributed by atoms with E-state index in [9.17, 15) is 14.7 Å². The number of carbonyl (C=O) groups excluding carboxylic acids is 2. The van der Waals surface area contributed by atoms with Gasteiger partial charge in [0, 0.05) is 24.1 Å². The molecule has 32 heavy (non-hydrogen) atoms. The van der Waals surface area contributed by atoms with Crippen molar-refractivity contribution in [2.75, 3.05) is 11.9 Å². The Balaban J connectivity index is 1.61. The summed E-state index contributed by atoms with van der Waals surface area (Å²) in [6, 6.07) is 17.6. The first-order valence-corrected chi connectivity index (χ1v) is 10.6. The van der Waals surface area contributed by atoms with Crippen LogP contribution in [0.4, 0.5) is 5.69 Å². The van der Waals surface area contributed by atoms with Crippen molar-refractivity contribution in [2.24, 2.45) is 0 Å². The minimum Gasteiger partial charge on any atom is -0.452 e. The maximum atomic E-state index is 12.3. The summed E-state index contributed by atoms with van der Waals surface area (Å²) in [4.78, 5) is 29.1. The smallest absolute Gasteiger partial charge is 0.333 e. The lowest BCUT2D eigenvalue weighted by molar-refractivity contribution is -0.262. The standard InChI is InChI=1S/C25H22N2O5/c28-21-12-13-22(29)32-25(30)20(31-21)11-10-19-23(25)24(17-8-4-5-9-18(17)27-19)26-15-14-16-6-2-1-3-7-16/h1-9,12-13,20,30H,10-11,14-15H2,(H,26,27)/b13-12-. The summed E-state index contributed by atoms with van der Waals surface area (Å²) in [7, 11) is 0. The lowest BCUT2D eigenvalue weighted by Gasteiger charge is -2.40. The van der Waals surface area contributed by atoms with Crippen LogP contribution in [-0.4, -0.2) is 34.7 Å². The third-order valence-electron chi connectivity index (χ3n) is 5.83. The summed E-state index contributed by atoms with van der Waals surface area (Å²) in [5.41, 5.74) is 3.52. The van der Waals surface area contributed by atoms with E-state index < -0.39 is 23.8 Å². The predicted molar refractivity (Wildman–Crippen MR) is 118 cm³/mol. The first-order chi connectivity index (χ1) is 15.5. The van der Waals surface area contributed by atoms with Crippen LogP contribution in [-0.2, 0) is 37.7 Å². The summed E-state index contributed by atoms with van der Waals surface area (Å²) in [5.74, 6) is -3.65. The molecule has 0 bridgehead atoms. The number of benzene rings is 2. The van der Waals surface area contributed by atoms with Gasteiger partial charge in [0.25, 0.3) is 5.79 Å². The number of pyridine rings is 1. The average Bonchev–Trinajstić information content (AvgIpc) is 2.79. The molecule has 2 atom stereocenters. The molecule has 2 aliphatic rings. The summed E-state index contributed by atoms with van der Waals surface area (Å²) >= 11 is 0. The zero-order chi connectivity index (χ0) is 22.1. The summed E-state index contributed by atoms with van der Waals surface area (Å²) in [5, 5.41) is 15.9. The van der Waals surface area contributed by atoms with Crippen molar-refractivity contribution in [3.05, 3.63) is 83.6 Å². The lowest BCUT2D eigenvalue weighted by Crippen LogP contribution is -2.50. The molecule has 2 aromatic carbocycles. The van der Waals surface area contributed by atoms with Gasteiger partial charge in [-0.25, -0.2) is 9.59 Å². The van der Waals surface area contributed by atoms with Gasteiger partial charge in [-0.1, -0.05) is 48.5 Å². The Morgan fingerprint density at radius 1 is 1.03 bits per heavy atom. The second-order valence-corrected chi connectivity index (χ2v) is 7.90. The highest BCUT2D eigenvalue weighted by Crippen LogP contribution is 2.45. The Bertz CT molecular complexity index is 1220. The molecule has 162 valence electrons. The first-order valence-electron chi connectivity index (χ1n) is 10.6. The van der Waals surface area contributed by atoms with Gasteiger partial charge in [0.2, 0.25) is 0 Å². The first kappa shape index (κ1) is 20.2. The van der Waals surface area contributed by atoms with E-state index in [1.165, 1.54) is 5.56 Å². The number of aromatic nitrogens is 1. The van der Waals surface area contributed by atoms with E-state index in [0.29, 0.717) is 29.9 Å². The van der Waals surface area contributed by atoms with Gasteiger partial charge in [-0.3, -0.25) is 4.98 Å². The zero-order valence-electron chi connectivity index (χ0n) is 17.3. The molecule has 2 N–H and O–H groups in total. The molecule has 0 saturated heterocycles. The molecule has 0 saturated carbocycles. The largest absolute Gasteiger partial charge is 0.452 e. The number of fused-ring (bicyclic) bond motifs is 4. The van der Waals surface area contributed by atoms with E-state index >= 15 is 0 Å². The van der Waals surface area contributed by atoms with Crippen LogP contribution >= 0.6 is 0 Å². The van der Waals surface area contributed by atoms with Crippen molar-refractivity contribution in [3.63, 3.8) is 0 Å². The number of hydrogen-bond acceptors (Lipinski definition) is 7. The third-order valence-corrected chi connectivity index (χ3v) is 5.83. The number of hydrogen-bond donors (Lipinski definition) is 2. The summed E-state index contributed by atoms with van der Waals surface area (Å²) < 4.78 is 10.9. The maximum absolute atomic E-state index is 12.3. The van der Waals surface area contributed by atoms with Gasteiger partial charge in [0.05, 0.1) is 22.5 Å². The van der Waals surface area contributed by atoms with E-state index in [-0.39, 0.29) is 6.42 Å². The Kier molecular flexibility index (Phi) is 5.11. The molecule has 0 amide bonds. The third kappa shape index (κ3) is 3.61. The Morgan fingerprint density at radius 3 is 2.62 bits per heavy atom. The fourth-order valence-corrected chi connectivity index (χ4v) is 4.37. The van der Waals surface area contributed by atoms with Gasteiger partial charge in [0.15, 0.2) is 6.10 Å². The Labute approximate surface area is 184 Å². The minimum absolute atomic E-state index is 0.283. The van der Waals surface area contributed by atoms with Crippen LogP contribution in [0, 0.1) is 0 Å². The van der Waals surface area contributed by atoms with Crippen LogP contribution in [0.1, 0.15) is 23.2 Å². The van der Waals surface area contributed by atoms with Crippen LogP contribution in [0.2, 0.25) is 0 Å². The monoisotopic (exact) mass is 430 g/mol. The molecule has 1 aromatic heterocycles. The number of rotatable bonds is 4. The number of nitrogens with zero attached hydrogens (tertiary/aromatic N) is 1. The number of aliphatic hydroxyl groups is 1. The molecule has 0 fully saturated rings. The fourth-order valence-electron chi connectivity index (χ4n) is 4.37. The lowest BCUT2D eigenvalue weighted by atomic mass is 9.84. The zero-order valence-corrected chi connectivity index (χ0v) is 17.3. The van der Waals surface area contributed by atoms with Gasteiger partial charge in [-0.2, -0.15) is 0 Å². The number of ether oxygens (including phenoxy) is 2. The molecular formula is C25H22N2O5. The number of anilines is 1. The molecule has 3 aromatic rings. The fraction of sp³-hybridized carbons (Fsp3) is 0.240. The molecular weight excluding hydrogens is 408 g/mol. The molecule has 2 unspecified atom stereocenters. The van der Waals surface area contributed by atoms with E-state index in [4.69, 9.17) is 14.5 Å². The number of esters is 2. The van der Waals surface area contributed by atoms with Gasteiger partial charge in [0.1, 0.15) is 0 Å². The van der Waals surface area contributed by atoms with Crippen molar-refractivity contribution in [1.29, 1.82) is 0 Å². The number of aryl methyl sites for hydroxylation is 1. The molecule has 7 nitrogen and oxygen atoms in total. The van der Waals surface area contributed by atoms with Gasteiger partial charge in [-0.05, 0) is 30.9 Å². The van der Waals surface area contributed by atoms with Crippen molar-refractivity contribution < 1.29 is 24.2 Å². The summed E-state index contributed by atoms with van der Waals surface area (Å²) in [6.07, 6.45) is 2.44. The molecule has 1 aliphatic carbocycles. The van der Waals surface area contributed by atoms with Crippen LogP contribution in [0.15, 0.2) is 66.7 Å². The quantitative estimate of drug-likeness (QED) is 0.614. The normalized spacial score (nSPS) is 23.2. The van der Waals surface area contributed by atoms with Crippen molar-refractivity contribution in [1.82, 2.24) is 4.98 Å². The average molecular weight is 430 g/mol. The second kappa shape index (κ2) is 8.09. The second-order valence-electron chi connectivity index (χ2n) is 7.90. The van der Waals surface area contributed by atoms with Crippen molar-refractivity contribution in [3.8, 4) is 0 Å². The van der Waals surface area contributed by atoms with Crippen LogP contribution < -0.4 is 5.32 Å². The summed E-state index contributed by atoms with van der Waals surface area (Å²) in [6.45, 7) is 0.582. The van der Waals surface area contributed by atoms with Crippen molar-refractivity contribution >= 4 is 28.5 Å². The van der Waals surface area contributed by atoms with Crippen LogP contribution in [0.25, 0.3) is 10.9 Å². The number of carbonyl (C=O) groups is 2. The SMILES string of the molecule is O=C1/C=C\C(=O)OC2(O)c3c(nc4ccccc4c3NCCc3ccccc3)CCC2O1.